The first-order chi connectivity index (χ1) is 10.1. The highest BCUT2D eigenvalue weighted by molar-refractivity contribution is 14.1. The Morgan fingerprint density at radius 2 is 1.71 bits per heavy atom. The maximum absolute atomic E-state index is 12.6. The first-order valence-corrected chi connectivity index (χ1v) is 10.1. The van der Waals surface area contributed by atoms with E-state index in [1.807, 2.05) is 12.1 Å². The van der Waals surface area contributed by atoms with Gasteiger partial charge in [0.1, 0.15) is 0 Å². The Morgan fingerprint density at radius 3 is 2.29 bits per heavy atom. The van der Waals surface area contributed by atoms with E-state index in [1.54, 1.807) is 16.4 Å². The summed E-state index contributed by atoms with van der Waals surface area (Å²) in [6, 6.07) is 7.58. The van der Waals surface area contributed by atoms with Crippen molar-refractivity contribution in [2.24, 2.45) is 5.92 Å². The molecule has 0 radical (unpaired) electrons. The van der Waals surface area contributed by atoms with E-state index in [9.17, 15) is 8.42 Å². The van der Waals surface area contributed by atoms with Crippen LogP contribution in [0.5, 0.6) is 0 Å². The molecular weight excluding hydrogens is 399 g/mol. The number of rotatable bonds is 5. The zero-order chi connectivity index (χ0) is 14.9. The maximum atomic E-state index is 12.6. The monoisotopic (exact) mass is 420 g/mol. The van der Waals surface area contributed by atoms with Gasteiger partial charge in [0, 0.05) is 22.7 Å². The van der Waals surface area contributed by atoms with E-state index in [0.29, 0.717) is 24.0 Å². The van der Waals surface area contributed by atoms with Crippen molar-refractivity contribution in [3.63, 3.8) is 0 Å². The number of hydrogen-bond donors (Lipinski definition) is 1. The lowest BCUT2D eigenvalue weighted by molar-refractivity contribution is 0.288. The molecule has 3 rings (SSSR count). The standard InChI is InChI=1S/C15H21IN2O2S/c16-13-3-5-15(6-4-13)21(19,20)18-9-7-14(8-10-18)17-11-12-1-2-12/h3-6,12,14,17H,1-2,7-11H2. The molecule has 1 aliphatic carbocycles. The third-order valence-corrected chi connectivity index (χ3v) is 6.93. The van der Waals surface area contributed by atoms with E-state index in [1.165, 1.54) is 12.8 Å². The lowest BCUT2D eigenvalue weighted by Crippen LogP contribution is -2.45. The smallest absolute Gasteiger partial charge is 0.243 e. The molecule has 2 aliphatic rings. The first kappa shape index (κ1) is 15.7. The predicted octanol–water partition coefficient (Wildman–Crippen LogP) is 2.44. The van der Waals surface area contributed by atoms with Gasteiger partial charge in [-0.25, -0.2) is 8.42 Å². The second-order valence-electron chi connectivity index (χ2n) is 5.98. The summed E-state index contributed by atoms with van der Waals surface area (Å²) < 4.78 is 27.8. The van der Waals surface area contributed by atoms with Crippen molar-refractivity contribution in [1.29, 1.82) is 0 Å². The number of sulfonamides is 1. The van der Waals surface area contributed by atoms with Gasteiger partial charge in [0.2, 0.25) is 10.0 Å². The van der Waals surface area contributed by atoms with Crippen molar-refractivity contribution in [3.05, 3.63) is 27.8 Å². The van der Waals surface area contributed by atoms with Crippen LogP contribution in [0.2, 0.25) is 0 Å². The van der Waals surface area contributed by atoms with Gasteiger partial charge in [-0.1, -0.05) is 0 Å². The third kappa shape index (κ3) is 3.97. The van der Waals surface area contributed by atoms with Crippen LogP contribution in [-0.4, -0.2) is 38.4 Å². The van der Waals surface area contributed by atoms with Crippen molar-refractivity contribution in [2.45, 2.75) is 36.6 Å². The normalized spacial score (nSPS) is 21.6. The average Bonchev–Trinajstić information content (AvgIpc) is 3.30. The minimum atomic E-state index is -3.32. The summed E-state index contributed by atoms with van der Waals surface area (Å²) in [4.78, 5) is 0.410. The minimum absolute atomic E-state index is 0.410. The molecule has 1 aromatic rings. The molecule has 1 N–H and O–H groups in total. The molecule has 0 unspecified atom stereocenters. The summed E-state index contributed by atoms with van der Waals surface area (Å²) in [7, 11) is -3.32. The van der Waals surface area contributed by atoms with Gasteiger partial charge in [-0.3, -0.25) is 0 Å². The zero-order valence-electron chi connectivity index (χ0n) is 12.0. The van der Waals surface area contributed by atoms with E-state index in [2.05, 4.69) is 27.9 Å². The molecule has 0 spiro atoms. The van der Waals surface area contributed by atoms with Crippen molar-refractivity contribution in [1.82, 2.24) is 9.62 Å². The third-order valence-electron chi connectivity index (χ3n) is 4.30. The van der Waals surface area contributed by atoms with E-state index in [4.69, 9.17) is 0 Å². The van der Waals surface area contributed by atoms with Gasteiger partial charge in [0.05, 0.1) is 4.90 Å². The second-order valence-corrected chi connectivity index (χ2v) is 9.17. The molecule has 1 saturated carbocycles. The van der Waals surface area contributed by atoms with Crippen molar-refractivity contribution in [3.8, 4) is 0 Å². The average molecular weight is 420 g/mol. The fraction of sp³-hybridized carbons (Fsp3) is 0.600. The summed E-state index contributed by atoms with van der Waals surface area (Å²) in [5.41, 5.74) is 0. The molecule has 1 saturated heterocycles. The molecule has 116 valence electrons. The second kappa shape index (κ2) is 6.52. The fourth-order valence-corrected chi connectivity index (χ4v) is 4.54. The fourth-order valence-electron chi connectivity index (χ4n) is 2.71. The Hall–Kier alpha value is -0.180. The molecule has 0 amide bonds. The Kier molecular flexibility index (Phi) is 4.87. The van der Waals surface area contributed by atoms with Crippen LogP contribution in [0.3, 0.4) is 0 Å². The van der Waals surface area contributed by atoms with E-state index in [0.717, 1.165) is 28.9 Å². The summed E-state index contributed by atoms with van der Waals surface area (Å²) in [5, 5.41) is 3.58. The van der Waals surface area contributed by atoms with E-state index >= 15 is 0 Å². The van der Waals surface area contributed by atoms with Crippen LogP contribution >= 0.6 is 22.6 Å². The Bertz CT molecular complexity index is 576. The number of benzene rings is 1. The minimum Gasteiger partial charge on any atom is -0.314 e. The molecule has 21 heavy (non-hydrogen) atoms. The van der Waals surface area contributed by atoms with Gasteiger partial charge in [0.25, 0.3) is 0 Å². The summed E-state index contributed by atoms with van der Waals surface area (Å²) in [6.45, 7) is 2.35. The van der Waals surface area contributed by atoms with E-state index < -0.39 is 10.0 Å². The van der Waals surface area contributed by atoms with Crippen molar-refractivity contribution >= 4 is 32.6 Å². The zero-order valence-corrected chi connectivity index (χ0v) is 14.9. The van der Waals surface area contributed by atoms with Crippen LogP contribution in [0.25, 0.3) is 0 Å². The molecule has 1 aromatic carbocycles. The van der Waals surface area contributed by atoms with Crippen LogP contribution in [-0.2, 0) is 10.0 Å². The molecule has 4 nitrogen and oxygen atoms in total. The van der Waals surface area contributed by atoms with Crippen LogP contribution in [0.15, 0.2) is 29.2 Å². The van der Waals surface area contributed by atoms with E-state index in [-0.39, 0.29) is 0 Å². The molecule has 0 aromatic heterocycles. The highest BCUT2D eigenvalue weighted by Gasteiger charge is 2.30. The quantitative estimate of drug-likeness (QED) is 0.745. The van der Waals surface area contributed by atoms with Gasteiger partial charge in [-0.15, -0.1) is 0 Å². The highest BCUT2D eigenvalue weighted by atomic mass is 127. The van der Waals surface area contributed by atoms with Crippen LogP contribution in [0.1, 0.15) is 25.7 Å². The molecule has 0 atom stereocenters. The Labute approximate surface area is 140 Å². The van der Waals surface area contributed by atoms with Gasteiger partial charge in [0.15, 0.2) is 0 Å². The van der Waals surface area contributed by atoms with Gasteiger partial charge in [-0.2, -0.15) is 4.31 Å². The molecule has 2 fully saturated rings. The lowest BCUT2D eigenvalue weighted by Gasteiger charge is -2.31. The van der Waals surface area contributed by atoms with Crippen LogP contribution in [0, 0.1) is 9.49 Å². The molecule has 0 bridgehead atoms. The SMILES string of the molecule is O=S(=O)(c1ccc(I)cc1)N1CCC(NCC2CC2)CC1. The largest absolute Gasteiger partial charge is 0.314 e. The van der Waals surface area contributed by atoms with Crippen molar-refractivity contribution in [2.75, 3.05) is 19.6 Å². The topological polar surface area (TPSA) is 49.4 Å². The van der Waals surface area contributed by atoms with Gasteiger partial charge >= 0.3 is 0 Å². The summed E-state index contributed by atoms with van der Waals surface area (Å²) in [6.07, 6.45) is 4.53. The highest BCUT2D eigenvalue weighted by Crippen LogP contribution is 2.28. The Morgan fingerprint density at radius 1 is 1.10 bits per heavy atom. The van der Waals surface area contributed by atoms with Crippen LogP contribution < -0.4 is 5.32 Å². The van der Waals surface area contributed by atoms with Crippen molar-refractivity contribution < 1.29 is 8.42 Å². The van der Waals surface area contributed by atoms with Crippen LogP contribution in [0.4, 0.5) is 0 Å². The molecule has 1 heterocycles. The maximum Gasteiger partial charge on any atom is 0.243 e. The number of nitrogens with one attached hydrogen (secondary N) is 1. The first-order valence-electron chi connectivity index (χ1n) is 7.55. The molecular formula is C15H21IN2O2S. The number of halogens is 1. The number of piperidine rings is 1. The molecule has 1 aliphatic heterocycles. The number of nitrogens with zero attached hydrogens (tertiary/aromatic N) is 1. The summed E-state index contributed by atoms with van der Waals surface area (Å²) >= 11 is 2.18. The molecule has 6 heteroatoms. The van der Waals surface area contributed by atoms with Gasteiger partial charge < -0.3 is 5.32 Å². The van der Waals surface area contributed by atoms with Gasteiger partial charge in [-0.05, 0) is 85.0 Å². The summed E-state index contributed by atoms with van der Waals surface area (Å²) in [5.74, 6) is 0.874. The lowest BCUT2D eigenvalue weighted by atomic mass is 10.1. The number of hydrogen-bond acceptors (Lipinski definition) is 3. The Balaban J connectivity index is 1.58. The predicted molar refractivity (Wildman–Crippen MR) is 91.7 cm³/mol.